The molecular weight excluding hydrogens is 202 g/mol. The van der Waals surface area contributed by atoms with Crippen LogP contribution in [-0.2, 0) is 0 Å². The Morgan fingerprint density at radius 3 is 3.06 bits per heavy atom. The fourth-order valence-electron chi connectivity index (χ4n) is 1.50. The Morgan fingerprint density at radius 1 is 1.56 bits per heavy atom. The normalized spacial score (nSPS) is 14.6. The van der Waals surface area contributed by atoms with Crippen molar-refractivity contribution in [1.29, 1.82) is 0 Å². The van der Waals surface area contributed by atoms with Crippen molar-refractivity contribution < 1.29 is 4.79 Å². The summed E-state index contributed by atoms with van der Waals surface area (Å²) in [5, 5.41) is 6.06. The third-order valence-corrected chi connectivity index (χ3v) is 2.62. The molecule has 0 unspecified atom stereocenters. The minimum Gasteiger partial charge on any atom is -0.385 e. The van der Waals surface area contributed by atoms with Crippen molar-refractivity contribution in [3.63, 3.8) is 0 Å². The van der Waals surface area contributed by atoms with Crippen molar-refractivity contribution in [2.45, 2.75) is 19.8 Å². The van der Waals surface area contributed by atoms with Crippen LogP contribution in [0.3, 0.4) is 0 Å². The summed E-state index contributed by atoms with van der Waals surface area (Å²) < 4.78 is 0. The van der Waals surface area contributed by atoms with Crippen molar-refractivity contribution >= 4 is 11.6 Å². The highest BCUT2D eigenvalue weighted by Gasteiger charge is 2.20. The fourth-order valence-corrected chi connectivity index (χ4v) is 1.50. The van der Waals surface area contributed by atoms with Crippen molar-refractivity contribution in [3.8, 4) is 0 Å². The van der Waals surface area contributed by atoms with E-state index in [4.69, 9.17) is 0 Å². The number of hydrogen-bond acceptors (Lipinski definition) is 3. The summed E-state index contributed by atoms with van der Waals surface area (Å²) in [5.41, 5.74) is 1.45. The third kappa shape index (κ3) is 2.95. The van der Waals surface area contributed by atoms with Crippen LogP contribution >= 0.6 is 0 Å². The molecule has 0 aliphatic heterocycles. The number of carbonyl (C=O) groups excluding carboxylic acids is 1. The van der Waals surface area contributed by atoms with Crippen LogP contribution in [0.25, 0.3) is 0 Å². The van der Waals surface area contributed by atoms with E-state index < -0.39 is 0 Å². The maximum Gasteiger partial charge on any atom is 0.269 e. The molecule has 1 amide bonds. The molecule has 0 radical (unpaired) electrons. The predicted octanol–water partition coefficient (Wildman–Crippen LogP) is 1.65. The molecule has 0 bridgehead atoms. The van der Waals surface area contributed by atoms with E-state index in [2.05, 4.69) is 15.6 Å². The number of nitrogens with zero attached hydrogens (tertiary/aromatic N) is 1. The summed E-state index contributed by atoms with van der Waals surface area (Å²) >= 11 is 0. The van der Waals surface area contributed by atoms with Gasteiger partial charge in [0.2, 0.25) is 0 Å². The molecule has 86 valence electrons. The SMILES string of the molecule is CCNC(=O)c1cc(NCC2CC2)ccn1. The maximum atomic E-state index is 11.5. The summed E-state index contributed by atoms with van der Waals surface area (Å²) in [6.07, 6.45) is 4.31. The predicted molar refractivity (Wildman–Crippen MR) is 63.5 cm³/mol. The van der Waals surface area contributed by atoms with Crippen LogP contribution in [0.5, 0.6) is 0 Å². The minimum absolute atomic E-state index is 0.113. The largest absolute Gasteiger partial charge is 0.385 e. The molecule has 1 aromatic heterocycles. The Kier molecular flexibility index (Phi) is 3.39. The van der Waals surface area contributed by atoms with E-state index in [-0.39, 0.29) is 5.91 Å². The monoisotopic (exact) mass is 219 g/mol. The fraction of sp³-hybridized carbons (Fsp3) is 0.500. The second-order valence-corrected chi connectivity index (χ2v) is 4.11. The molecule has 0 spiro atoms. The second-order valence-electron chi connectivity index (χ2n) is 4.11. The van der Waals surface area contributed by atoms with Crippen LogP contribution in [0, 0.1) is 5.92 Å². The van der Waals surface area contributed by atoms with Crippen molar-refractivity contribution in [2.75, 3.05) is 18.4 Å². The number of nitrogens with one attached hydrogen (secondary N) is 2. The summed E-state index contributed by atoms with van der Waals surface area (Å²) in [6, 6.07) is 3.69. The van der Waals surface area contributed by atoms with Gasteiger partial charge in [-0.25, -0.2) is 0 Å². The highest BCUT2D eigenvalue weighted by Crippen LogP contribution is 2.28. The first kappa shape index (κ1) is 10.9. The van der Waals surface area contributed by atoms with Crippen LogP contribution < -0.4 is 10.6 Å². The summed E-state index contributed by atoms with van der Waals surface area (Å²) in [4.78, 5) is 15.6. The van der Waals surface area contributed by atoms with Crippen LogP contribution in [0.1, 0.15) is 30.3 Å². The van der Waals surface area contributed by atoms with Gasteiger partial charge in [-0.15, -0.1) is 0 Å². The number of anilines is 1. The van der Waals surface area contributed by atoms with E-state index >= 15 is 0 Å². The number of amides is 1. The van der Waals surface area contributed by atoms with Gasteiger partial charge in [0.15, 0.2) is 0 Å². The topological polar surface area (TPSA) is 54.0 Å². The van der Waals surface area contributed by atoms with Gasteiger partial charge in [0.05, 0.1) is 0 Å². The number of pyridine rings is 1. The van der Waals surface area contributed by atoms with Gasteiger partial charge in [-0.3, -0.25) is 9.78 Å². The van der Waals surface area contributed by atoms with Crippen molar-refractivity contribution in [2.24, 2.45) is 5.92 Å². The van der Waals surface area contributed by atoms with Gasteiger partial charge in [-0.2, -0.15) is 0 Å². The zero-order valence-electron chi connectivity index (χ0n) is 9.49. The van der Waals surface area contributed by atoms with Crippen LogP contribution in [0.2, 0.25) is 0 Å². The summed E-state index contributed by atoms with van der Waals surface area (Å²) in [5.74, 6) is 0.707. The lowest BCUT2D eigenvalue weighted by Crippen LogP contribution is -2.23. The number of carbonyl (C=O) groups is 1. The molecule has 1 saturated carbocycles. The molecule has 4 nitrogen and oxygen atoms in total. The molecular formula is C12H17N3O. The van der Waals surface area contributed by atoms with Gasteiger partial charge < -0.3 is 10.6 Å². The Hall–Kier alpha value is -1.58. The Labute approximate surface area is 95.5 Å². The van der Waals surface area contributed by atoms with E-state index in [1.54, 1.807) is 12.3 Å². The summed E-state index contributed by atoms with van der Waals surface area (Å²) in [6.45, 7) is 3.52. The lowest BCUT2D eigenvalue weighted by atomic mass is 10.3. The minimum atomic E-state index is -0.113. The molecule has 0 atom stereocenters. The Morgan fingerprint density at radius 2 is 2.38 bits per heavy atom. The first-order valence-corrected chi connectivity index (χ1v) is 5.77. The van der Waals surface area contributed by atoms with E-state index in [0.29, 0.717) is 12.2 Å². The third-order valence-electron chi connectivity index (χ3n) is 2.62. The van der Waals surface area contributed by atoms with E-state index in [9.17, 15) is 4.79 Å². The molecule has 1 aliphatic carbocycles. The highest BCUT2D eigenvalue weighted by molar-refractivity contribution is 5.93. The molecule has 2 rings (SSSR count). The maximum absolute atomic E-state index is 11.5. The first-order valence-electron chi connectivity index (χ1n) is 5.77. The molecule has 16 heavy (non-hydrogen) atoms. The molecule has 2 N–H and O–H groups in total. The Bertz CT molecular complexity index is 374. The zero-order chi connectivity index (χ0) is 11.4. The van der Waals surface area contributed by atoms with E-state index in [1.807, 2.05) is 13.0 Å². The number of rotatable bonds is 5. The molecule has 0 aromatic carbocycles. The lowest BCUT2D eigenvalue weighted by Gasteiger charge is -2.06. The average molecular weight is 219 g/mol. The van der Waals surface area contributed by atoms with Crippen molar-refractivity contribution in [3.05, 3.63) is 24.0 Å². The molecule has 1 aliphatic rings. The zero-order valence-corrected chi connectivity index (χ0v) is 9.49. The number of aromatic nitrogens is 1. The van der Waals surface area contributed by atoms with Crippen LogP contribution in [0.15, 0.2) is 18.3 Å². The standard InChI is InChI=1S/C12H17N3O/c1-2-13-12(16)11-7-10(5-6-14-11)15-8-9-3-4-9/h5-7,9H,2-4,8H2,1H3,(H,13,16)(H,14,15). The first-order chi connectivity index (χ1) is 7.79. The van der Waals surface area contributed by atoms with E-state index in [0.717, 1.165) is 18.2 Å². The smallest absolute Gasteiger partial charge is 0.269 e. The van der Waals surface area contributed by atoms with Gasteiger partial charge in [-0.05, 0) is 37.8 Å². The average Bonchev–Trinajstić information content (AvgIpc) is 3.11. The van der Waals surface area contributed by atoms with Gasteiger partial charge in [0.1, 0.15) is 5.69 Å². The quantitative estimate of drug-likeness (QED) is 0.791. The van der Waals surface area contributed by atoms with Gasteiger partial charge in [-0.1, -0.05) is 0 Å². The van der Waals surface area contributed by atoms with E-state index in [1.165, 1.54) is 12.8 Å². The molecule has 4 heteroatoms. The van der Waals surface area contributed by atoms with Gasteiger partial charge in [0.25, 0.3) is 5.91 Å². The second kappa shape index (κ2) is 4.96. The summed E-state index contributed by atoms with van der Waals surface area (Å²) in [7, 11) is 0. The molecule has 1 aromatic rings. The molecule has 0 saturated heterocycles. The number of hydrogen-bond donors (Lipinski definition) is 2. The van der Waals surface area contributed by atoms with Gasteiger partial charge in [0, 0.05) is 25.0 Å². The molecule has 1 heterocycles. The van der Waals surface area contributed by atoms with Crippen molar-refractivity contribution in [1.82, 2.24) is 10.3 Å². The highest BCUT2D eigenvalue weighted by atomic mass is 16.1. The lowest BCUT2D eigenvalue weighted by molar-refractivity contribution is 0.0951. The van der Waals surface area contributed by atoms with Crippen LogP contribution in [0.4, 0.5) is 5.69 Å². The Balaban J connectivity index is 1.97. The van der Waals surface area contributed by atoms with Gasteiger partial charge >= 0.3 is 0 Å². The molecule has 1 fully saturated rings. The van der Waals surface area contributed by atoms with Crippen LogP contribution in [-0.4, -0.2) is 24.0 Å².